The molecule has 1 aromatic rings. The topological polar surface area (TPSA) is 29.5 Å². The van der Waals surface area contributed by atoms with Crippen LogP contribution in [0.4, 0.5) is 13.2 Å². The van der Waals surface area contributed by atoms with Crippen molar-refractivity contribution >= 4 is 11.5 Å². The normalized spacial score (nSPS) is 12.2. The van der Waals surface area contributed by atoms with E-state index in [1.165, 1.54) is 25.4 Å². The van der Waals surface area contributed by atoms with Gasteiger partial charge in [-0.25, -0.2) is 4.79 Å². The average molecular weight is 273 g/mol. The van der Waals surface area contributed by atoms with Gasteiger partial charge in [-0.1, -0.05) is 12.1 Å². The molecule has 104 valence electrons. The Bertz CT molecular complexity index is 493. The molecule has 0 unspecified atom stereocenters. The molecule has 1 aromatic carbocycles. The Morgan fingerprint density at radius 3 is 2.42 bits per heavy atom. The maximum absolute atomic E-state index is 12.6. The number of carbonyl (C=O) groups excluding carboxylic acids is 1. The van der Waals surface area contributed by atoms with Gasteiger partial charge in [0.2, 0.25) is 0 Å². The van der Waals surface area contributed by atoms with E-state index in [0.29, 0.717) is 0 Å². The molecule has 0 aromatic heterocycles. The SMILES string of the molecule is COC(=O)/C(=C\N(C)C)c1cccc(C(F)(F)F)c1. The number of hydrogen-bond donors (Lipinski definition) is 0. The van der Waals surface area contributed by atoms with E-state index in [9.17, 15) is 18.0 Å². The van der Waals surface area contributed by atoms with Crippen LogP contribution in [-0.2, 0) is 15.7 Å². The van der Waals surface area contributed by atoms with Crippen LogP contribution in [0.15, 0.2) is 30.5 Å². The predicted molar refractivity (Wildman–Crippen MR) is 65.1 cm³/mol. The third-order valence-electron chi connectivity index (χ3n) is 2.29. The molecule has 0 heterocycles. The maximum atomic E-state index is 12.6. The minimum atomic E-state index is -4.45. The summed E-state index contributed by atoms with van der Waals surface area (Å²) >= 11 is 0. The second-order valence-electron chi connectivity index (χ2n) is 4.08. The number of nitrogens with zero attached hydrogens (tertiary/aromatic N) is 1. The Kier molecular flexibility index (Phi) is 4.58. The summed E-state index contributed by atoms with van der Waals surface area (Å²) in [5.41, 5.74) is -0.576. The zero-order chi connectivity index (χ0) is 14.6. The summed E-state index contributed by atoms with van der Waals surface area (Å²) in [6, 6.07) is 4.56. The monoisotopic (exact) mass is 273 g/mol. The minimum absolute atomic E-state index is 0.0681. The fourth-order valence-electron chi connectivity index (χ4n) is 1.48. The van der Waals surface area contributed by atoms with Crippen LogP contribution in [-0.4, -0.2) is 32.1 Å². The quantitative estimate of drug-likeness (QED) is 0.626. The first-order valence-electron chi connectivity index (χ1n) is 5.40. The van der Waals surface area contributed by atoms with E-state index in [1.54, 1.807) is 19.0 Å². The van der Waals surface area contributed by atoms with Crippen LogP contribution in [0.5, 0.6) is 0 Å². The van der Waals surface area contributed by atoms with Crippen molar-refractivity contribution in [3.05, 3.63) is 41.6 Å². The number of hydrogen-bond acceptors (Lipinski definition) is 3. The Balaban J connectivity index is 3.28. The van der Waals surface area contributed by atoms with Crippen molar-refractivity contribution in [2.24, 2.45) is 0 Å². The standard InChI is InChI=1S/C13H14F3NO2/c1-17(2)8-11(12(18)19-3)9-5-4-6-10(7-9)13(14,15)16/h4-8H,1-3H3/b11-8-. The third kappa shape index (κ3) is 4.01. The molecular formula is C13H14F3NO2. The number of ether oxygens (including phenoxy) is 1. The first-order chi connectivity index (χ1) is 8.75. The van der Waals surface area contributed by atoms with Gasteiger partial charge in [0.25, 0.3) is 0 Å². The summed E-state index contributed by atoms with van der Waals surface area (Å²) in [7, 11) is 4.51. The highest BCUT2D eigenvalue weighted by molar-refractivity contribution is 6.16. The summed E-state index contributed by atoms with van der Waals surface area (Å²) in [5.74, 6) is -0.687. The highest BCUT2D eigenvalue weighted by Crippen LogP contribution is 2.31. The van der Waals surface area contributed by atoms with Crippen molar-refractivity contribution in [1.29, 1.82) is 0 Å². The molecule has 0 aliphatic carbocycles. The number of rotatable bonds is 3. The van der Waals surface area contributed by atoms with E-state index in [4.69, 9.17) is 0 Å². The Hall–Kier alpha value is -1.98. The zero-order valence-corrected chi connectivity index (χ0v) is 10.8. The lowest BCUT2D eigenvalue weighted by Gasteiger charge is -2.12. The van der Waals surface area contributed by atoms with E-state index in [-0.39, 0.29) is 11.1 Å². The molecule has 0 saturated heterocycles. The first-order valence-corrected chi connectivity index (χ1v) is 5.40. The Morgan fingerprint density at radius 2 is 1.95 bits per heavy atom. The molecular weight excluding hydrogens is 259 g/mol. The third-order valence-corrected chi connectivity index (χ3v) is 2.29. The largest absolute Gasteiger partial charge is 0.465 e. The van der Waals surface area contributed by atoms with Gasteiger partial charge in [0, 0.05) is 20.3 Å². The molecule has 1 rings (SSSR count). The van der Waals surface area contributed by atoms with Gasteiger partial charge in [-0.15, -0.1) is 0 Å². The summed E-state index contributed by atoms with van der Waals surface area (Å²) in [6.07, 6.45) is -3.03. The number of benzene rings is 1. The molecule has 0 bridgehead atoms. The van der Waals surface area contributed by atoms with E-state index >= 15 is 0 Å². The second kappa shape index (κ2) is 5.77. The van der Waals surface area contributed by atoms with Crippen LogP contribution in [0.25, 0.3) is 5.57 Å². The number of esters is 1. The highest BCUT2D eigenvalue weighted by Gasteiger charge is 2.31. The lowest BCUT2D eigenvalue weighted by atomic mass is 10.0. The van der Waals surface area contributed by atoms with E-state index < -0.39 is 17.7 Å². The highest BCUT2D eigenvalue weighted by atomic mass is 19.4. The van der Waals surface area contributed by atoms with Crippen LogP contribution in [0.2, 0.25) is 0 Å². The number of alkyl halides is 3. The lowest BCUT2D eigenvalue weighted by molar-refractivity contribution is -0.138. The number of halogens is 3. The van der Waals surface area contributed by atoms with E-state index in [2.05, 4.69) is 4.74 Å². The van der Waals surface area contributed by atoms with Crippen molar-refractivity contribution in [2.75, 3.05) is 21.2 Å². The molecule has 6 heteroatoms. The first kappa shape index (κ1) is 15.1. The molecule has 0 aliphatic heterocycles. The maximum Gasteiger partial charge on any atom is 0.416 e. The van der Waals surface area contributed by atoms with E-state index in [1.807, 2.05) is 0 Å². The molecule has 0 spiro atoms. The van der Waals surface area contributed by atoms with Gasteiger partial charge in [-0.3, -0.25) is 0 Å². The number of methoxy groups -OCH3 is 1. The smallest absolute Gasteiger partial charge is 0.416 e. The number of carbonyl (C=O) groups is 1. The van der Waals surface area contributed by atoms with Gasteiger partial charge in [-0.05, 0) is 17.7 Å². The summed E-state index contributed by atoms with van der Waals surface area (Å²) in [5, 5.41) is 0. The van der Waals surface area contributed by atoms with Crippen LogP contribution in [0.1, 0.15) is 11.1 Å². The van der Waals surface area contributed by atoms with Crippen molar-refractivity contribution < 1.29 is 22.7 Å². The van der Waals surface area contributed by atoms with Gasteiger partial charge < -0.3 is 9.64 Å². The van der Waals surface area contributed by atoms with Crippen LogP contribution in [0.3, 0.4) is 0 Å². The predicted octanol–water partition coefficient (Wildman–Crippen LogP) is 2.78. The average Bonchev–Trinajstić information content (AvgIpc) is 2.34. The minimum Gasteiger partial charge on any atom is -0.465 e. The molecule has 0 N–H and O–H groups in total. The molecule has 0 atom stereocenters. The van der Waals surface area contributed by atoms with E-state index in [0.717, 1.165) is 12.1 Å². The van der Waals surface area contributed by atoms with Crippen LogP contribution < -0.4 is 0 Å². The van der Waals surface area contributed by atoms with Crippen molar-refractivity contribution in [2.45, 2.75) is 6.18 Å². The Morgan fingerprint density at radius 1 is 1.32 bits per heavy atom. The zero-order valence-electron chi connectivity index (χ0n) is 10.8. The lowest BCUT2D eigenvalue weighted by Crippen LogP contribution is -2.11. The molecule has 3 nitrogen and oxygen atoms in total. The van der Waals surface area contributed by atoms with Gasteiger partial charge in [0.1, 0.15) is 0 Å². The van der Waals surface area contributed by atoms with Gasteiger partial charge in [0.15, 0.2) is 0 Å². The molecule has 0 aliphatic rings. The second-order valence-corrected chi connectivity index (χ2v) is 4.08. The van der Waals surface area contributed by atoms with Crippen LogP contribution >= 0.6 is 0 Å². The molecule has 0 fully saturated rings. The van der Waals surface area contributed by atoms with Gasteiger partial charge >= 0.3 is 12.1 Å². The molecule has 19 heavy (non-hydrogen) atoms. The van der Waals surface area contributed by atoms with Crippen molar-refractivity contribution in [1.82, 2.24) is 4.90 Å². The summed E-state index contributed by atoms with van der Waals surface area (Å²) in [4.78, 5) is 13.2. The fraction of sp³-hybridized carbons (Fsp3) is 0.308. The summed E-state index contributed by atoms with van der Waals surface area (Å²) in [6.45, 7) is 0. The van der Waals surface area contributed by atoms with Gasteiger partial charge in [-0.2, -0.15) is 13.2 Å². The molecule has 0 radical (unpaired) electrons. The molecule has 0 amide bonds. The van der Waals surface area contributed by atoms with Crippen molar-refractivity contribution in [3.63, 3.8) is 0 Å². The fourth-order valence-corrected chi connectivity index (χ4v) is 1.48. The van der Waals surface area contributed by atoms with Crippen LogP contribution in [0, 0.1) is 0 Å². The van der Waals surface area contributed by atoms with Crippen molar-refractivity contribution in [3.8, 4) is 0 Å². The summed E-state index contributed by atoms with van der Waals surface area (Å²) < 4.78 is 42.5. The molecule has 0 saturated carbocycles. The Labute approximate surface area is 109 Å². The van der Waals surface area contributed by atoms with Gasteiger partial charge in [0.05, 0.1) is 18.2 Å².